The molecule has 0 saturated heterocycles. The second-order valence-corrected chi connectivity index (χ2v) is 7.30. The van der Waals surface area contributed by atoms with E-state index in [9.17, 15) is 0 Å². The Balaban J connectivity index is 2.00. The minimum atomic E-state index is 1.04. The number of unbranched alkanes of at least 4 members (excludes halogenated alkanes) is 4. The summed E-state index contributed by atoms with van der Waals surface area (Å²) < 4.78 is 0. The molecule has 122 valence electrons. The molecular weight excluding hydrogens is 296 g/mol. The van der Waals surface area contributed by atoms with Crippen molar-refractivity contribution in [3.8, 4) is 0 Å². The molecule has 0 amide bonds. The van der Waals surface area contributed by atoms with Crippen molar-refractivity contribution in [2.75, 3.05) is 0 Å². The van der Waals surface area contributed by atoms with E-state index in [1.54, 1.807) is 0 Å². The van der Waals surface area contributed by atoms with Crippen LogP contribution in [0.2, 0.25) is 0 Å². The monoisotopic (exact) mass is 324 g/mol. The van der Waals surface area contributed by atoms with Crippen molar-refractivity contribution < 1.29 is 0 Å². The maximum Gasteiger partial charge on any atom is 0.0119 e. The van der Waals surface area contributed by atoms with Gasteiger partial charge >= 0.3 is 0 Å². The van der Waals surface area contributed by atoms with Crippen LogP contribution < -0.4 is 0 Å². The van der Waals surface area contributed by atoms with Gasteiger partial charge in [0, 0.05) is 11.3 Å². The third-order valence-corrected chi connectivity index (χ3v) is 5.00. The van der Waals surface area contributed by atoms with Gasteiger partial charge in [0.1, 0.15) is 0 Å². The zero-order valence-corrected chi connectivity index (χ0v) is 15.2. The van der Waals surface area contributed by atoms with Gasteiger partial charge in [0.2, 0.25) is 0 Å². The van der Waals surface area contributed by atoms with Crippen LogP contribution in [0.1, 0.15) is 50.2 Å². The van der Waals surface area contributed by atoms with Gasteiger partial charge in [-0.1, -0.05) is 92.1 Å². The van der Waals surface area contributed by atoms with Crippen LogP contribution in [0.25, 0.3) is 0 Å². The standard InChI is InChI=1S/C22H28S/c1-3-4-5-6-8-13-22(23-21-11-9-7-10-12-21)18-20-16-14-19(2)15-17-20/h7,9-17H,3-6,8,18H2,1-2H3/b22-13+. The first kappa shape index (κ1) is 17.9. The zero-order chi connectivity index (χ0) is 16.3. The van der Waals surface area contributed by atoms with Crippen LogP contribution in [0.3, 0.4) is 0 Å². The average Bonchev–Trinajstić information content (AvgIpc) is 2.57. The Morgan fingerprint density at radius 2 is 1.65 bits per heavy atom. The molecule has 0 aliphatic rings. The van der Waals surface area contributed by atoms with Crippen LogP contribution in [-0.4, -0.2) is 0 Å². The van der Waals surface area contributed by atoms with Gasteiger partial charge in [-0.05, 0) is 42.4 Å². The van der Waals surface area contributed by atoms with Crippen molar-refractivity contribution in [2.24, 2.45) is 0 Å². The molecule has 0 saturated carbocycles. The fourth-order valence-corrected chi connectivity index (χ4v) is 3.57. The van der Waals surface area contributed by atoms with Crippen LogP contribution >= 0.6 is 11.8 Å². The molecule has 0 aromatic heterocycles. The molecule has 1 heteroatoms. The summed E-state index contributed by atoms with van der Waals surface area (Å²) in [5, 5.41) is 0. The molecule has 0 fully saturated rings. The smallest absolute Gasteiger partial charge is 0.0119 e. The lowest BCUT2D eigenvalue weighted by Crippen LogP contribution is -1.89. The molecule has 0 atom stereocenters. The third-order valence-electron chi connectivity index (χ3n) is 3.92. The van der Waals surface area contributed by atoms with Gasteiger partial charge in [-0.3, -0.25) is 0 Å². The van der Waals surface area contributed by atoms with Crippen LogP contribution in [0.4, 0.5) is 0 Å². The summed E-state index contributed by atoms with van der Waals surface area (Å²) in [4.78, 5) is 2.80. The highest BCUT2D eigenvalue weighted by Crippen LogP contribution is 2.29. The molecule has 0 unspecified atom stereocenters. The minimum Gasteiger partial charge on any atom is -0.0945 e. The quantitative estimate of drug-likeness (QED) is 0.347. The lowest BCUT2D eigenvalue weighted by atomic mass is 10.1. The van der Waals surface area contributed by atoms with E-state index < -0.39 is 0 Å². The van der Waals surface area contributed by atoms with Crippen LogP contribution in [-0.2, 0) is 6.42 Å². The Morgan fingerprint density at radius 3 is 2.35 bits per heavy atom. The van der Waals surface area contributed by atoms with Crippen molar-refractivity contribution in [3.63, 3.8) is 0 Å². The Bertz CT molecular complexity index is 581. The van der Waals surface area contributed by atoms with Gasteiger partial charge in [0.05, 0.1) is 0 Å². The van der Waals surface area contributed by atoms with Crippen LogP contribution in [0, 0.1) is 6.92 Å². The lowest BCUT2D eigenvalue weighted by molar-refractivity contribution is 0.674. The second-order valence-electron chi connectivity index (χ2n) is 6.10. The Labute approximate surface area is 146 Å². The number of allylic oxidation sites excluding steroid dienone is 2. The Kier molecular flexibility index (Phi) is 8.03. The van der Waals surface area contributed by atoms with Crippen molar-refractivity contribution in [3.05, 3.63) is 76.7 Å². The third kappa shape index (κ3) is 7.09. The number of aryl methyl sites for hydroxylation is 1. The van der Waals surface area contributed by atoms with Crippen molar-refractivity contribution in [2.45, 2.75) is 57.3 Å². The van der Waals surface area contributed by atoms with E-state index in [4.69, 9.17) is 0 Å². The highest BCUT2D eigenvalue weighted by Gasteiger charge is 2.03. The van der Waals surface area contributed by atoms with E-state index in [0.29, 0.717) is 0 Å². The summed E-state index contributed by atoms with van der Waals surface area (Å²) in [6, 6.07) is 19.6. The summed E-state index contributed by atoms with van der Waals surface area (Å²) in [7, 11) is 0. The topological polar surface area (TPSA) is 0 Å². The molecule has 0 nitrogen and oxygen atoms in total. The SMILES string of the molecule is CCCCCC/C=C(\Cc1ccc(C)cc1)Sc1ccccc1. The van der Waals surface area contributed by atoms with E-state index in [-0.39, 0.29) is 0 Å². The molecule has 0 N–H and O–H groups in total. The number of thioether (sulfide) groups is 1. The second kappa shape index (κ2) is 10.3. The van der Waals surface area contributed by atoms with Gasteiger partial charge in [-0.15, -0.1) is 0 Å². The number of benzene rings is 2. The molecule has 23 heavy (non-hydrogen) atoms. The first-order valence-electron chi connectivity index (χ1n) is 8.75. The molecule has 2 aromatic rings. The fraction of sp³-hybridized carbons (Fsp3) is 0.364. The van der Waals surface area contributed by atoms with Gasteiger partial charge in [0.15, 0.2) is 0 Å². The molecule has 0 radical (unpaired) electrons. The number of hydrogen-bond acceptors (Lipinski definition) is 1. The highest BCUT2D eigenvalue weighted by molar-refractivity contribution is 8.03. The van der Waals surface area contributed by atoms with E-state index in [1.807, 2.05) is 11.8 Å². The predicted molar refractivity (Wildman–Crippen MR) is 104 cm³/mol. The maximum atomic E-state index is 2.45. The van der Waals surface area contributed by atoms with E-state index in [2.05, 4.69) is 74.5 Å². The average molecular weight is 325 g/mol. The first-order valence-corrected chi connectivity index (χ1v) is 9.57. The summed E-state index contributed by atoms with van der Waals surface area (Å²) >= 11 is 1.91. The fourth-order valence-electron chi connectivity index (χ4n) is 2.53. The van der Waals surface area contributed by atoms with Crippen molar-refractivity contribution in [1.29, 1.82) is 0 Å². The summed E-state index contributed by atoms with van der Waals surface area (Å²) in [6.07, 6.45) is 9.99. The van der Waals surface area contributed by atoms with Gasteiger partial charge in [-0.25, -0.2) is 0 Å². The highest BCUT2D eigenvalue weighted by atomic mass is 32.2. The summed E-state index contributed by atoms with van der Waals surface area (Å²) in [5.74, 6) is 0. The molecule has 0 aliphatic carbocycles. The number of hydrogen-bond donors (Lipinski definition) is 0. The van der Waals surface area contributed by atoms with Gasteiger partial charge < -0.3 is 0 Å². The van der Waals surface area contributed by atoms with E-state index in [0.717, 1.165) is 6.42 Å². The van der Waals surface area contributed by atoms with E-state index in [1.165, 1.54) is 53.0 Å². The predicted octanol–water partition coefficient (Wildman–Crippen LogP) is 7.18. The molecule has 0 spiro atoms. The van der Waals surface area contributed by atoms with Crippen molar-refractivity contribution >= 4 is 11.8 Å². The molecule has 2 aromatic carbocycles. The van der Waals surface area contributed by atoms with Crippen LogP contribution in [0.5, 0.6) is 0 Å². The number of rotatable bonds is 9. The Hall–Kier alpha value is -1.47. The molecule has 0 heterocycles. The maximum absolute atomic E-state index is 2.45. The Morgan fingerprint density at radius 1 is 0.913 bits per heavy atom. The summed E-state index contributed by atoms with van der Waals surface area (Å²) in [6.45, 7) is 4.41. The molecule has 2 rings (SSSR count). The zero-order valence-electron chi connectivity index (χ0n) is 14.4. The van der Waals surface area contributed by atoms with Gasteiger partial charge in [0.25, 0.3) is 0 Å². The van der Waals surface area contributed by atoms with Crippen molar-refractivity contribution in [1.82, 2.24) is 0 Å². The molecule has 0 bridgehead atoms. The largest absolute Gasteiger partial charge is 0.0945 e. The normalized spacial score (nSPS) is 11.7. The minimum absolute atomic E-state index is 1.04. The van der Waals surface area contributed by atoms with Crippen LogP contribution in [0.15, 0.2) is 70.5 Å². The first-order chi connectivity index (χ1) is 11.3. The van der Waals surface area contributed by atoms with Gasteiger partial charge in [-0.2, -0.15) is 0 Å². The van der Waals surface area contributed by atoms with E-state index >= 15 is 0 Å². The molecule has 0 aliphatic heterocycles. The summed E-state index contributed by atoms with van der Waals surface area (Å²) in [5.41, 5.74) is 2.73. The molecular formula is C22H28S. The lowest BCUT2D eigenvalue weighted by Gasteiger charge is -2.09.